The third-order valence-corrected chi connectivity index (χ3v) is 5.31. The van der Waals surface area contributed by atoms with Crippen LogP contribution in [0.5, 0.6) is 5.75 Å². The molecule has 0 radical (unpaired) electrons. The molecule has 1 aromatic heterocycles. The van der Waals surface area contributed by atoms with E-state index in [9.17, 15) is 4.79 Å². The van der Waals surface area contributed by atoms with Gasteiger partial charge in [-0.2, -0.15) is 0 Å². The molecule has 2 aromatic carbocycles. The third kappa shape index (κ3) is 5.16. The molecule has 0 aliphatic carbocycles. The molecule has 28 heavy (non-hydrogen) atoms. The van der Waals surface area contributed by atoms with E-state index < -0.39 is 0 Å². The van der Waals surface area contributed by atoms with Crippen molar-refractivity contribution in [1.29, 1.82) is 0 Å². The summed E-state index contributed by atoms with van der Waals surface area (Å²) in [4.78, 5) is 13.8. The van der Waals surface area contributed by atoms with E-state index in [1.165, 1.54) is 0 Å². The van der Waals surface area contributed by atoms with E-state index in [0.717, 1.165) is 27.7 Å². The molecule has 1 heterocycles. The zero-order chi connectivity index (χ0) is 19.9. The van der Waals surface area contributed by atoms with Crippen LogP contribution in [0.15, 0.2) is 64.0 Å². The van der Waals surface area contributed by atoms with Gasteiger partial charge in [0.25, 0.3) is 5.91 Å². The predicted octanol–water partition coefficient (Wildman–Crippen LogP) is 5.17. The maximum absolute atomic E-state index is 12.8. The number of benzene rings is 2. The summed E-state index contributed by atoms with van der Waals surface area (Å²) in [6, 6.07) is 17.2. The first-order valence-corrected chi connectivity index (χ1v) is 10.2. The predicted molar refractivity (Wildman–Crippen MR) is 111 cm³/mol. The van der Waals surface area contributed by atoms with Crippen LogP contribution in [0.3, 0.4) is 0 Å². The number of carbonyl (C=O) groups excluding carboxylic acids is 1. The molecule has 0 bridgehead atoms. The van der Waals surface area contributed by atoms with Crippen LogP contribution in [0.1, 0.15) is 47.3 Å². The molecule has 1 atom stereocenters. The van der Waals surface area contributed by atoms with Crippen molar-refractivity contribution in [2.45, 2.75) is 37.5 Å². The second-order valence-electron chi connectivity index (χ2n) is 6.42. The highest BCUT2D eigenvalue weighted by atomic mass is 32.2. The molecular formula is C22H24N2O3S. The minimum Gasteiger partial charge on any atom is -0.494 e. The van der Waals surface area contributed by atoms with Gasteiger partial charge in [0.15, 0.2) is 0 Å². The highest BCUT2D eigenvalue weighted by Gasteiger charge is 2.15. The summed E-state index contributed by atoms with van der Waals surface area (Å²) in [5.74, 6) is 2.15. The molecule has 0 saturated carbocycles. The minimum atomic E-state index is -0.113. The second kappa shape index (κ2) is 9.46. The van der Waals surface area contributed by atoms with Crippen LogP contribution in [-0.2, 0) is 5.75 Å². The van der Waals surface area contributed by atoms with Gasteiger partial charge < -0.3 is 14.6 Å². The quantitative estimate of drug-likeness (QED) is 0.533. The molecule has 5 nitrogen and oxygen atoms in total. The fourth-order valence-electron chi connectivity index (χ4n) is 2.79. The highest BCUT2D eigenvalue weighted by Crippen LogP contribution is 2.27. The van der Waals surface area contributed by atoms with Gasteiger partial charge in [-0.15, -0.1) is 11.8 Å². The van der Waals surface area contributed by atoms with Gasteiger partial charge in [-0.25, -0.2) is 0 Å². The van der Waals surface area contributed by atoms with E-state index >= 15 is 0 Å². The smallest absolute Gasteiger partial charge is 0.252 e. The number of nitrogens with zero attached hydrogens (tertiary/aromatic N) is 1. The number of hydrogen-bond donors (Lipinski definition) is 1. The molecule has 146 valence electrons. The Balaban J connectivity index is 1.66. The summed E-state index contributed by atoms with van der Waals surface area (Å²) < 4.78 is 10.7. The molecule has 1 unspecified atom stereocenters. The molecule has 3 aromatic rings. The van der Waals surface area contributed by atoms with Crippen LogP contribution in [0.25, 0.3) is 0 Å². The SMILES string of the molecule is CCOc1ccc(C(C)NC(=O)c2ccccc2SCc2cc(C)no2)cc1. The lowest BCUT2D eigenvalue weighted by atomic mass is 10.1. The minimum absolute atomic E-state index is 0.0989. The first-order chi connectivity index (χ1) is 13.6. The number of ether oxygens (including phenoxy) is 1. The van der Waals surface area contributed by atoms with Gasteiger partial charge in [0.2, 0.25) is 0 Å². The largest absolute Gasteiger partial charge is 0.494 e. The molecule has 1 amide bonds. The number of aryl methyl sites for hydroxylation is 1. The van der Waals surface area contributed by atoms with E-state index in [1.54, 1.807) is 11.8 Å². The first kappa shape index (κ1) is 20.0. The Hall–Kier alpha value is -2.73. The Labute approximate surface area is 169 Å². The molecule has 0 saturated heterocycles. The van der Waals surface area contributed by atoms with Gasteiger partial charge in [0.1, 0.15) is 11.5 Å². The Morgan fingerprint density at radius 3 is 2.64 bits per heavy atom. The molecular weight excluding hydrogens is 372 g/mol. The molecule has 0 aliphatic rings. The van der Waals surface area contributed by atoms with Gasteiger partial charge in [-0.1, -0.05) is 29.4 Å². The van der Waals surface area contributed by atoms with E-state index in [-0.39, 0.29) is 11.9 Å². The van der Waals surface area contributed by atoms with E-state index in [2.05, 4.69) is 10.5 Å². The average Bonchev–Trinajstić information content (AvgIpc) is 3.12. The zero-order valence-electron chi connectivity index (χ0n) is 16.3. The number of carbonyl (C=O) groups is 1. The zero-order valence-corrected chi connectivity index (χ0v) is 17.1. The van der Waals surface area contributed by atoms with Crippen molar-refractivity contribution in [3.63, 3.8) is 0 Å². The van der Waals surface area contributed by atoms with Gasteiger partial charge >= 0.3 is 0 Å². The van der Waals surface area contributed by atoms with Crippen molar-refractivity contribution in [2.24, 2.45) is 0 Å². The summed E-state index contributed by atoms with van der Waals surface area (Å²) in [6.07, 6.45) is 0. The first-order valence-electron chi connectivity index (χ1n) is 9.24. The lowest BCUT2D eigenvalue weighted by Gasteiger charge is -2.16. The lowest BCUT2D eigenvalue weighted by molar-refractivity contribution is 0.0937. The van der Waals surface area contributed by atoms with Crippen LogP contribution in [0.2, 0.25) is 0 Å². The third-order valence-electron chi connectivity index (χ3n) is 4.22. The van der Waals surface area contributed by atoms with Crippen LogP contribution in [0.4, 0.5) is 0 Å². The molecule has 0 fully saturated rings. The summed E-state index contributed by atoms with van der Waals surface area (Å²) in [5.41, 5.74) is 2.53. The number of nitrogens with one attached hydrogen (secondary N) is 1. The van der Waals surface area contributed by atoms with Gasteiger partial charge in [-0.3, -0.25) is 4.79 Å². The van der Waals surface area contributed by atoms with Crippen LogP contribution in [0, 0.1) is 6.92 Å². The number of hydrogen-bond acceptors (Lipinski definition) is 5. The van der Waals surface area contributed by atoms with Crippen LogP contribution < -0.4 is 10.1 Å². The molecule has 1 N–H and O–H groups in total. The highest BCUT2D eigenvalue weighted by molar-refractivity contribution is 7.98. The van der Waals surface area contributed by atoms with Gasteiger partial charge in [-0.05, 0) is 50.6 Å². The van der Waals surface area contributed by atoms with Crippen molar-refractivity contribution in [1.82, 2.24) is 10.5 Å². The number of rotatable bonds is 8. The van der Waals surface area contributed by atoms with Crippen molar-refractivity contribution in [3.8, 4) is 5.75 Å². The maximum atomic E-state index is 12.8. The number of thioether (sulfide) groups is 1. The Morgan fingerprint density at radius 2 is 1.96 bits per heavy atom. The Kier molecular flexibility index (Phi) is 6.76. The van der Waals surface area contributed by atoms with Crippen LogP contribution in [-0.4, -0.2) is 17.7 Å². The fraction of sp³-hybridized carbons (Fsp3) is 0.273. The van der Waals surface area contributed by atoms with E-state index in [0.29, 0.717) is 17.9 Å². The normalized spacial score (nSPS) is 11.8. The molecule has 0 spiro atoms. The average molecular weight is 397 g/mol. The molecule has 3 rings (SSSR count). The van der Waals surface area contributed by atoms with Gasteiger partial charge in [0, 0.05) is 11.0 Å². The van der Waals surface area contributed by atoms with Crippen molar-refractivity contribution in [3.05, 3.63) is 77.2 Å². The Morgan fingerprint density at radius 1 is 1.21 bits per heavy atom. The summed E-state index contributed by atoms with van der Waals surface area (Å²) in [7, 11) is 0. The molecule has 6 heteroatoms. The summed E-state index contributed by atoms with van der Waals surface area (Å²) >= 11 is 1.56. The van der Waals surface area contributed by atoms with E-state index in [4.69, 9.17) is 9.26 Å². The van der Waals surface area contributed by atoms with Crippen LogP contribution >= 0.6 is 11.8 Å². The lowest BCUT2D eigenvalue weighted by Crippen LogP contribution is -2.27. The monoisotopic (exact) mass is 396 g/mol. The summed E-state index contributed by atoms with van der Waals surface area (Å²) in [6.45, 7) is 6.45. The topological polar surface area (TPSA) is 64.4 Å². The van der Waals surface area contributed by atoms with Crippen molar-refractivity contribution in [2.75, 3.05) is 6.61 Å². The van der Waals surface area contributed by atoms with E-state index in [1.807, 2.05) is 75.4 Å². The maximum Gasteiger partial charge on any atom is 0.252 e. The molecule has 0 aliphatic heterocycles. The van der Waals surface area contributed by atoms with Crippen molar-refractivity contribution < 1.29 is 14.1 Å². The second-order valence-corrected chi connectivity index (χ2v) is 7.43. The number of aromatic nitrogens is 1. The Bertz CT molecular complexity index is 922. The van der Waals surface area contributed by atoms with Gasteiger partial charge in [0.05, 0.1) is 29.7 Å². The number of amides is 1. The fourth-order valence-corrected chi connectivity index (χ4v) is 3.72. The van der Waals surface area contributed by atoms with Crippen molar-refractivity contribution >= 4 is 17.7 Å². The standard InChI is InChI=1S/C22H24N2O3S/c1-4-26-18-11-9-17(10-12-18)16(3)23-22(25)20-7-5-6-8-21(20)28-14-19-13-15(2)24-27-19/h5-13,16H,4,14H2,1-3H3,(H,23,25). The summed E-state index contributed by atoms with van der Waals surface area (Å²) in [5, 5.41) is 6.98.